The molecule has 3 aliphatic carbocycles. The van der Waals surface area contributed by atoms with Crippen molar-refractivity contribution in [2.24, 2.45) is 0 Å². The number of hydrogen-bond acceptors (Lipinski definition) is 4. The Hall–Kier alpha value is -6.00. The smallest absolute Gasteiger partial charge is 0.252 e. The fourth-order valence-electron chi connectivity index (χ4n) is 12.4. The third-order valence-corrected chi connectivity index (χ3v) is 16.4. The summed E-state index contributed by atoms with van der Waals surface area (Å²) in [5.41, 5.74) is 19.8. The van der Waals surface area contributed by atoms with E-state index in [0.29, 0.717) is 5.02 Å². The monoisotopic (exact) mass is 853 g/mol. The summed E-state index contributed by atoms with van der Waals surface area (Å²) in [7, 11) is 0. The maximum atomic E-state index is 7.55. The molecule has 64 heavy (non-hydrogen) atoms. The molecule has 6 aromatic carbocycles. The summed E-state index contributed by atoms with van der Waals surface area (Å²) in [6.45, 7) is 19.5. The van der Waals surface area contributed by atoms with E-state index in [1.54, 1.807) is 0 Å². The van der Waals surface area contributed by atoms with Crippen LogP contribution in [-0.4, -0.2) is 6.71 Å². The topological polar surface area (TPSA) is 32.8 Å². The van der Waals surface area contributed by atoms with E-state index >= 15 is 0 Å². The molecule has 4 nitrogen and oxygen atoms in total. The first-order valence-corrected chi connectivity index (χ1v) is 23.5. The summed E-state index contributed by atoms with van der Waals surface area (Å²) in [6, 6.07) is 36.4. The van der Waals surface area contributed by atoms with E-state index in [-0.39, 0.29) is 28.4 Å². The molecule has 5 aliphatic rings. The predicted octanol–water partition coefficient (Wildman–Crippen LogP) is 14.6. The van der Waals surface area contributed by atoms with Crippen LogP contribution in [-0.2, 0) is 21.7 Å². The third-order valence-electron chi connectivity index (χ3n) is 16.2. The molecule has 2 aliphatic heterocycles. The van der Waals surface area contributed by atoms with Gasteiger partial charge in [0, 0.05) is 44.6 Å². The molecule has 4 heterocycles. The van der Waals surface area contributed by atoms with Crippen LogP contribution in [0.25, 0.3) is 45.1 Å². The van der Waals surface area contributed by atoms with Gasteiger partial charge in [0.1, 0.15) is 23.3 Å². The van der Waals surface area contributed by atoms with Crippen LogP contribution in [0.5, 0.6) is 0 Å². The van der Waals surface area contributed by atoms with Crippen LogP contribution in [0.4, 0.5) is 34.1 Å². The van der Waals surface area contributed by atoms with Crippen LogP contribution in [0.1, 0.15) is 115 Å². The van der Waals surface area contributed by atoms with Crippen molar-refractivity contribution in [1.82, 2.24) is 0 Å². The molecule has 0 N–H and O–H groups in total. The molecule has 0 amide bonds. The van der Waals surface area contributed by atoms with Gasteiger partial charge in [0.15, 0.2) is 11.2 Å². The standard InChI is InChI=1S/C58H51BClN2O2/c1-55(2)23-25-57(5,6)40-31-46-42(29-38(40)55)59-43-30-39-41(58(7,8)26-24-56(39,3)4)32-47(43)62(45-20-14-18-37-35-16-10-12-22-51(35)64-54(37)45)49-28-33(60)27-48(52(49)59)61(46)44-19-13-17-36-34-15-9-11-21-50(34)63-53(36)44/h9,11-22,27-32H,23-26H2,1-8H3/q+1. The van der Waals surface area contributed by atoms with E-state index < -0.39 is 0 Å². The molecule has 0 fully saturated rings. The number of benzene rings is 6. The van der Waals surface area contributed by atoms with E-state index in [0.717, 1.165) is 92.7 Å². The summed E-state index contributed by atoms with van der Waals surface area (Å²) in [4.78, 5) is 4.98. The predicted molar refractivity (Wildman–Crippen MR) is 270 cm³/mol. The fourth-order valence-corrected chi connectivity index (χ4v) is 12.6. The molecule has 0 unspecified atom stereocenters. The number of para-hydroxylation sites is 3. The Kier molecular flexibility index (Phi) is 7.59. The highest BCUT2D eigenvalue weighted by Gasteiger charge is 2.49. The van der Waals surface area contributed by atoms with Gasteiger partial charge < -0.3 is 18.6 Å². The minimum Gasteiger partial charge on any atom is -0.454 e. The number of furan rings is 2. The maximum absolute atomic E-state index is 7.55. The lowest BCUT2D eigenvalue weighted by Crippen LogP contribution is -2.62. The van der Waals surface area contributed by atoms with Crippen LogP contribution in [0.3, 0.4) is 0 Å². The molecule has 0 bridgehead atoms. The second-order valence-electron chi connectivity index (χ2n) is 21.8. The summed E-state index contributed by atoms with van der Waals surface area (Å²) in [5, 5.41) is 3.96. The van der Waals surface area contributed by atoms with Gasteiger partial charge in [-0.2, -0.15) is 0 Å². The molecule has 0 saturated carbocycles. The molecule has 0 radical (unpaired) electrons. The number of halogens is 1. The fraction of sp³-hybridized carbons (Fsp3) is 0.276. The Balaban J connectivity index is 1.19. The van der Waals surface area contributed by atoms with Crippen LogP contribution >= 0.6 is 11.6 Å². The number of anilines is 6. The first kappa shape index (κ1) is 38.5. The first-order valence-electron chi connectivity index (χ1n) is 23.1. The molecule has 0 spiro atoms. The SMILES string of the molecule is CC1(C)CCC(C)(C)c2cc3c(cc21)B1c2cc4c(cc2N(c2cccc5c2oc2ccccc25)c2cc(Cl)cc(c21)N3c1cccc2c3c(oc12)C=C[C+]=C3)C(C)(C)CCC4(C)C. The molecule has 314 valence electrons. The highest BCUT2D eigenvalue weighted by molar-refractivity contribution is 7.00. The minimum atomic E-state index is -0.0728. The van der Waals surface area contributed by atoms with E-state index in [4.69, 9.17) is 20.4 Å². The highest BCUT2D eigenvalue weighted by Crippen LogP contribution is 2.54. The Morgan fingerprint density at radius 1 is 0.531 bits per heavy atom. The zero-order chi connectivity index (χ0) is 43.8. The van der Waals surface area contributed by atoms with Crippen LogP contribution in [0, 0.1) is 6.08 Å². The van der Waals surface area contributed by atoms with Crippen molar-refractivity contribution < 1.29 is 8.83 Å². The summed E-state index contributed by atoms with van der Waals surface area (Å²) in [5.74, 6) is 0.854. The Morgan fingerprint density at radius 2 is 1.03 bits per heavy atom. The maximum Gasteiger partial charge on any atom is 0.252 e. The average molecular weight is 854 g/mol. The lowest BCUT2D eigenvalue weighted by molar-refractivity contribution is 0.332. The summed E-state index contributed by atoms with van der Waals surface area (Å²) < 4.78 is 13.8. The van der Waals surface area contributed by atoms with Crippen molar-refractivity contribution in [2.45, 2.75) is 103 Å². The molecule has 8 aromatic rings. The number of rotatable bonds is 2. The van der Waals surface area contributed by atoms with Crippen molar-refractivity contribution in [1.29, 1.82) is 0 Å². The lowest BCUT2D eigenvalue weighted by Gasteiger charge is -2.48. The van der Waals surface area contributed by atoms with Gasteiger partial charge in [0.2, 0.25) is 5.76 Å². The zero-order valence-electron chi connectivity index (χ0n) is 38.0. The van der Waals surface area contributed by atoms with Gasteiger partial charge in [0.05, 0.1) is 22.8 Å². The van der Waals surface area contributed by atoms with Crippen molar-refractivity contribution >= 4 is 114 Å². The molecule has 0 saturated heterocycles. The van der Waals surface area contributed by atoms with Gasteiger partial charge in [-0.05, 0) is 135 Å². The third kappa shape index (κ3) is 5.12. The van der Waals surface area contributed by atoms with Crippen molar-refractivity contribution in [3.8, 4) is 0 Å². The van der Waals surface area contributed by atoms with Gasteiger partial charge in [-0.1, -0.05) is 116 Å². The lowest BCUT2D eigenvalue weighted by atomic mass is 9.32. The molecular formula is C58H51BClN2O2+. The Morgan fingerprint density at radius 3 is 1.61 bits per heavy atom. The normalized spacial score (nSPS) is 18.9. The quantitative estimate of drug-likeness (QED) is 0.128. The van der Waals surface area contributed by atoms with Crippen molar-refractivity contribution in [3.05, 3.63) is 148 Å². The average Bonchev–Trinajstić information content (AvgIpc) is 3.85. The highest BCUT2D eigenvalue weighted by atomic mass is 35.5. The van der Waals surface area contributed by atoms with Gasteiger partial charge in [-0.15, -0.1) is 0 Å². The van der Waals surface area contributed by atoms with Crippen molar-refractivity contribution in [3.63, 3.8) is 0 Å². The number of allylic oxidation sites excluding steroid dienone is 2. The molecular weight excluding hydrogens is 803 g/mol. The second-order valence-corrected chi connectivity index (χ2v) is 22.3. The van der Waals surface area contributed by atoms with Crippen molar-refractivity contribution in [2.75, 3.05) is 9.80 Å². The zero-order valence-corrected chi connectivity index (χ0v) is 38.7. The van der Waals surface area contributed by atoms with Gasteiger partial charge >= 0.3 is 0 Å². The minimum absolute atomic E-state index is 0.00429. The van der Waals surface area contributed by atoms with Crippen LogP contribution in [0.2, 0.25) is 5.02 Å². The number of fused-ring (bicyclic) bond motifs is 12. The van der Waals surface area contributed by atoms with E-state index in [2.05, 4.69) is 168 Å². The van der Waals surface area contributed by atoms with Gasteiger partial charge in [0.25, 0.3) is 6.71 Å². The van der Waals surface area contributed by atoms with E-state index in [1.807, 2.05) is 18.2 Å². The molecule has 6 heteroatoms. The number of hydrogen-bond donors (Lipinski definition) is 0. The molecule has 2 aromatic heterocycles. The molecule has 0 atom stereocenters. The Labute approximate surface area is 381 Å². The van der Waals surface area contributed by atoms with Gasteiger partial charge in [-0.3, -0.25) is 0 Å². The first-order chi connectivity index (χ1) is 30.6. The van der Waals surface area contributed by atoms with E-state index in [1.165, 1.54) is 50.0 Å². The Bertz CT molecular complexity index is 3450. The van der Waals surface area contributed by atoms with Crippen LogP contribution in [0.15, 0.2) is 112 Å². The largest absolute Gasteiger partial charge is 0.454 e. The second kappa shape index (κ2) is 12.6. The molecule has 13 rings (SSSR count). The van der Waals surface area contributed by atoms with Crippen LogP contribution < -0.4 is 26.2 Å². The van der Waals surface area contributed by atoms with Gasteiger partial charge in [-0.25, -0.2) is 0 Å². The van der Waals surface area contributed by atoms with E-state index in [9.17, 15) is 0 Å². The summed E-state index contributed by atoms with van der Waals surface area (Å²) in [6.07, 6.45) is 13.8. The summed E-state index contributed by atoms with van der Waals surface area (Å²) >= 11 is 7.55. The number of nitrogens with zero attached hydrogens (tertiary/aromatic N) is 2.